The molecule has 0 aliphatic carbocycles. The summed E-state index contributed by atoms with van der Waals surface area (Å²) in [5.41, 5.74) is 3.44. The molecule has 0 bridgehead atoms. The van der Waals surface area contributed by atoms with Crippen molar-refractivity contribution >= 4 is 41.0 Å². The molecule has 0 atom stereocenters. The minimum Gasteiger partial charge on any atom is -0.484 e. The van der Waals surface area contributed by atoms with Crippen LogP contribution in [0.25, 0.3) is 0 Å². The molecule has 24 heavy (non-hydrogen) atoms. The van der Waals surface area contributed by atoms with E-state index in [4.69, 9.17) is 16.3 Å². The number of rotatable bonds is 7. The summed E-state index contributed by atoms with van der Waals surface area (Å²) in [6.07, 6.45) is 1.57. The zero-order valence-electron chi connectivity index (χ0n) is 12.9. The summed E-state index contributed by atoms with van der Waals surface area (Å²) in [6, 6.07) is 8.60. The topological polar surface area (TPSA) is 79.8 Å². The molecular formula is C16H16ClN3O3S. The predicted molar refractivity (Wildman–Crippen MR) is 94.7 cm³/mol. The second-order valence-corrected chi connectivity index (χ2v) is 6.16. The fourth-order valence-electron chi connectivity index (χ4n) is 1.63. The Balaban J connectivity index is 1.65. The Labute approximate surface area is 148 Å². The van der Waals surface area contributed by atoms with Gasteiger partial charge in [-0.1, -0.05) is 11.6 Å². The summed E-state index contributed by atoms with van der Waals surface area (Å²) in [6.45, 7) is 1.59. The third kappa shape index (κ3) is 6.02. The molecule has 1 aromatic heterocycles. The van der Waals surface area contributed by atoms with Crippen LogP contribution in [0.3, 0.4) is 0 Å². The van der Waals surface area contributed by atoms with Crippen LogP contribution in [-0.2, 0) is 9.59 Å². The van der Waals surface area contributed by atoms with Gasteiger partial charge in [-0.15, -0.1) is 11.3 Å². The molecule has 0 aliphatic heterocycles. The van der Waals surface area contributed by atoms with Crippen LogP contribution in [0.4, 0.5) is 0 Å². The lowest BCUT2D eigenvalue weighted by atomic mass is 10.3. The second-order valence-electron chi connectivity index (χ2n) is 4.78. The number of hydrogen-bond donors (Lipinski definition) is 2. The first-order valence-electron chi connectivity index (χ1n) is 7.05. The fourth-order valence-corrected chi connectivity index (χ4v) is 2.54. The third-order valence-corrected chi connectivity index (χ3v) is 4.11. The first-order valence-corrected chi connectivity index (χ1v) is 8.31. The van der Waals surface area contributed by atoms with E-state index in [1.165, 1.54) is 11.3 Å². The number of aryl methyl sites for hydroxylation is 1. The monoisotopic (exact) mass is 365 g/mol. The Kier molecular flexibility index (Phi) is 6.77. The van der Waals surface area contributed by atoms with Crippen LogP contribution in [0.2, 0.25) is 5.02 Å². The minimum atomic E-state index is -0.416. The molecule has 126 valence electrons. The van der Waals surface area contributed by atoms with Crippen LogP contribution < -0.4 is 15.5 Å². The van der Waals surface area contributed by atoms with Gasteiger partial charge < -0.3 is 10.1 Å². The average molecular weight is 366 g/mol. The first-order chi connectivity index (χ1) is 11.5. The summed E-state index contributed by atoms with van der Waals surface area (Å²) >= 11 is 7.28. The highest BCUT2D eigenvalue weighted by atomic mass is 35.5. The van der Waals surface area contributed by atoms with Gasteiger partial charge in [-0.3, -0.25) is 9.59 Å². The molecule has 1 heterocycles. The van der Waals surface area contributed by atoms with Crippen molar-refractivity contribution in [1.29, 1.82) is 0 Å². The zero-order chi connectivity index (χ0) is 17.4. The van der Waals surface area contributed by atoms with Crippen LogP contribution in [0.1, 0.15) is 10.4 Å². The number of amides is 2. The molecule has 0 radical (unpaired) electrons. The van der Waals surface area contributed by atoms with Crippen molar-refractivity contribution in [2.24, 2.45) is 5.10 Å². The molecule has 2 rings (SSSR count). The van der Waals surface area contributed by atoms with Crippen molar-refractivity contribution in [1.82, 2.24) is 10.7 Å². The van der Waals surface area contributed by atoms with E-state index in [1.54, 1.807) is 30.5 Å². The average Bonchev–Trinajstić information content (AvgIpc) is 2.97. The number of thiophene rings is 1. The van der Waals surface area contributed by atoms with Gasteiger partial charge in [-0.2, -0.15) is 5.10 Å². The van der Waals surface area contributed by atoms with E-state index in [-0.39, 0.29) is 13.2 Å². The SMILES string of the molecule is Cc1ccsc1/C=N/NC(=O)CNC(=O)COc1ccc(Cl)cc1. The number of carbonyl (C=O) groups excluding carboxylic acids is 2. The van der Waals surface area contributed by atoms with E-state index in [2.05, 4.69) is 15.8 Å². The Morgan fingerprint density at radius 1 is 1.25 bits per heavy atom. The van der Waals surface area contributed by atoms with Gasteiger partial charge >= 0.3 is 0 Å². The van der Waals surface area contributed by atoms with Crippen LogP contribution >= 0.6 is 22.9 Å². The van der Waals surface area contributed by atoms with Crippen molar-refractivity contribution in [2.45, 2.75) is 6.92 Å². The lowest BCUT2D eigenvalue weighted by Gasteiger charge is -2.06. The maximum absolute atomic E-state index is 11.6. The number of benzene rings is 1. The summed E-state index contributed by atoms with van der Waals surface area (Å²) in [5.74, 6) is -0.298. The summed E-state index contributed by atoms with van der Waals surface area (Å²) in [7, 11) is 0. The molecular weight excluding hydrogens is 350 g/mol. The molecule has 0 fully saturated rings. The molecule has 0 spiro atoms. The van der Waals surface area contributed by atoms with Gasteiger partial charge in [0.1, 0.15) is 5.75 Å². The third-order valence-electron chi connectivity index (χ3n) is 2.90. The van der Waals surface area contributed by atoms with E-state index in [0.29, 0.717) is 10.8 Å². The minimum absolute atomic E-state index is 0.177. The smallest absolute Gasteiger partial charge is 0.259 e. The van der Waals surface area contributed by atoms with Crippen molar-refractivity contribution in [3.8, 4) is 5.75 Å². The largest absolute Gasteiger partial charge is 0.484 e. The standard InChI is InChI=1S/C16H16ClN3O3S/c1-11-6-7-24-14(11)8-19-20-15(21)9-18-16(22)10-23-13-4-2-12(17)3-5-13/h2-8H,9-10H2,1H3,(H,18,22)(H,20,21)/b19-8+. The second kappa shape index (κ2) is 9.05. The molecule has 0 saturated carbocycles. The molecule has 2 amide bonds. The zero-order valence-corrected chi connectivity index (χ0v) is 14.5. The number of carbonyl (C=O) groups is 2. The summed E-state index contributed by atoms with van der Waals surface area (Å²) < 4.78 is 5.27. The number of nitrogens with one attached hydrogen (secondary N) is 2. The van der Waals surface area contributed by atoms with E-state index in [1.807, 2.05) is 18.4 Å². The van der Waals surface area contributed by atoms with Gasteiger partial charge in [0.15, 0.2) is 6.61 Å². The molecule has 0 saturated heterocycles. The van der Waals surface area contributed by atoms with E-state index < -0.39 is 11.8 Å². The summed E-state index contributed by atoms with van der Waals surface area (Å²) in [5, 5.41) is 8.82. The van der Waals surface area contributed by atoms with Crippen molar-refractivity contribution in [3.63, 3.8) is 0 Å². The van der Waals surface area contributed by atoms with Gasteiger partial charge in [0.2, 0.25) is 0 Å². The quantitative estimate of drug-likeness (QED) is 0.584. The van der Waals surface area contributed by atoms with Crippen molar-refractivity contribution < 1.29 is 14.3 Å². The number of hydrogen-bond acceptors (Lipinski definition) is 5. The maximum Gasteiger partial charge on any atom is 0.259 e. The highest BCUT2D eigenvalue weighted by molar-refractivity contribution is 7.11. The van der Waals surface area contributed by atoms with Gasteiger partial charge in [0, 0.05) is 9.90 Å². The molecule has 2 aromatic rings. The number of hydrazone groups is 1. The van der Waals surface area contributed by atoms with Crippen LogP contribution in [0, 0.1) is 6.92 Å². The van der Waals surface area contributed by atoms with Crippen molar-refractivity contribution in [2.75, 3.05) is 13.2 Å². The van der Waals surface area contributed by atoms with Gasteiger partial charge in [-0.25, -0.2) is 5.43 Å². The molecule has 0 aliphatic rings. The number of halogens is 1. The normalized spacial score (nSPS) is 10.6. The maximum atomic E-state index is 11.6. The van der Waals surface area contributed by atoms with Crippen LogP contribution in [0.5, 0.6) is 5.75 Å². The molecule has 6 nitrogen and oxygen atoms in total. The van der Waals surface area contributed by atoms with E-state index in [9.17, 15) is 9.59 Å². The van der Waals surface area contributed by atoms with Crippen LogP contribution in [-0.4, -0.2) is 31.2 Å². The highest BCUT2D eigenvalue weighted by Crippen LogP contribution is 2.15. The predicted octanol–water partition coefficient (Wildman–Crippen LogP) is 2.36. The lowest BCUT2D eigenvalue weighted by Crippen LogP contribution is -2.37. The Bertz CT molecular complexity index is 728. The number of ether oxygens (including phenoxy) is 1. The molecule has 0 unspecified atom stereocenters. The molecule has 1 aromatic carbocycles. The van der Waals surface area contributed by atoms with Crippen molar-refractivity contribution in [3.05, 3.63) is 51.2 Å². The highest BCUT2D eigenvalue weighted by Gasteiger charge is 2.06. The van der Waals surface area contributed by atoms with Gasteiger partial charge in [0.05, 0.1) is 12.8 Å². The van der Waals surface area contributed by atoms with E-state index >= 15 is 0 Å². The fraction of sp³-hybridized carbons (Fsp3) is 0.188. The summed E-state index contributed by atoms with van der Waals surface area (Å²) in [4.78, 5) is 24.2. The van der Waals surface area contributed by atoms with E-state index in [0.717, 1.165) is 10.4 Å². The lowest BCUT2D eigenvalue weighted by molar-refractivity contribution is -0.127. The Morgan fingerprint density at radius 2 is 2.00 bits per heavy atom. The molecule has 2 N–H and O–H groups in total. The van der Waals surface area contributed by atoms with Gasteiger partial charge in [0.25, 0.3) is 11.8 Å². The molecule has 8 heteroatoms. The van der Waals surface area contributed by atoms with Gasteiger partial charge in [-0.05, 0) is 48.2 Å². The number of nitrogens with zero attached hydrogens (tertiary/aromatic N) is 1. The van der Waals surface area contributed by atoms with Crippen LogP contribution in [0.15, 0.2) is 40.8 Å². The first kappa shape index (κ1) is 18.0. The Morgan fingerprint density at radius 3 is 2.67 bits per heavy atom. The Hall–Kier alpha value is -2.38.